The number of nitrogens with zero attached hydrogens (tertiary/aromatic N) is 1. The van der Waals surface area contributed by atoms with Gasteiger partial charge in [0, 0.05) is 4.88 Å². The molecule has 1 aromatic rings. The molecule has 1 aliphatic heterocycles. The van der Waals surface area contributed by atoms with Gasteiger partial charge in [0.05, 0.1) is 16.4 Å². The first kappa shape index (κ1) is 14.1. The van der Waals surface area contributed by atoms with Crippen molar-refractivity contribution in [1.82, 2.24) is 4.90 Å². The van der Waals surface area contributed by atoms with E-state index in [1.165, 1.54) is 18.4 Å². The number of thioether (sulfide) groups is 1. The summed E-state index contributed by atoms with van der Waals surface area (Å²) in [6.07, 6.45) is 1.58. The van der Waals surface area contributed by atoms with E-state index < -0.39 is 17.1 Å². The Labute approximate surface area is 122 Å². The predicted molar refractivity (Wildman–Crippen MR) is 74.0 cm³/mol. The molecule has 0 N–H and O–H groups in total. The van der Waals surface area contributed by atoms with Crippen LogP contribution in [0.1, 0.15) is 4.88 Å². The first-order valence-electron chi connectivity index (χ1n) is 5.09. The van der Waals surface area contributed by atoms with Crippen LogP contribution in [-0.4, -0.2) is 35.7 Å². The molecule has 0 bridgehead atoms. The van der Waals surface area contributed by atoms with Crippen LogP contribution in [0.3, 0.4) is 0 Å². The Hall–Kier alpha value is -1.31. The van der Waals surface area contributed by atoms with Crippen LogP contribution in [0.5, 0.6) is 0 Å². The van der Waals surface area contributed by atoms with Gasteiger partial charge in [-0.05, 0) is 30.0 Å². The number of thiophene rings is 1. The third-order valence-corrected chi connectivity index (χ3v) is 4.34. The number of carbonyl (C=O) groups excluding carboxylic acids is 3. The van der Waals surface area contributed by atoms with E-state index in [0.717, 1.165) is 21.5 Å². The summed E-state index contributed by atoms with van der Waals surface area (Å²) in [5, 5.41) is -0.482. The second kappa shape index (κ2) is 5.77. The Bertz CT molecular complexity index is 581. The lowest BCUT2D eigenvalue weighted by Gasteiger charge is -2.09. The fraction of sp³-hybridized carbons (Fsp3) is 0.182. The largest absolute Gasteiger partial charge is 0.468 e. The Morgan fingerprint density at radius 3 is 2.79 bits per heavy atom. The van der Waals surface area contributed by atoms with Gasteiger partial charge in [0.15, 0.2) is 0 Å². The number of carbonyl (C=O) groups is 3. The van der Waals surface area contributed by atoms with Crippen molar-refractivity contribution in [3.05, 3.63) is 26.3 Å². The quantitative estimate of drug-likeness (QED) is 0.633. The van der Waals surface area contributed by atoms with Crippen LogP contribution >= 0.6 is 34.7 Å². The summed E-state index contributed by atoms with van der Waals surface area (Å²) in [5.41, 5.74) is 0. The number of hydrogen-bond acceptors (Lipinski definition) is 6. The van der Waals surface area contributed by atoms with Crippen molar-refractivity contribution in [3.8, 4) is 0 Å². The summed E-state index contributed by atoms with van der Waals surface area (Å²) in [6, 6.07) is 3.46. The van der Waals surface area contributed by atoms with Crippen LogP contribution in [0.25, 0.3) is 6.08 Å². The molecule has 19 heavy (non-hydrogen) atoms. The van der Waals surface area contributed by atoms with Crippen molar-refractivity contribution in [2.45, 2.75) is 0 Å². The first-order chi connectivity index (χ1) is 9.01. The molecule has 0 aromatic carbocycles. The van der Waals surface area contributed by atoms with E-state index in [-0.39, 0.29) is 11.4 Å². The monoisotopic (exact) mass is 317 g/mol. The first-order valence-corrected chi connectivity index (χ1v) is 7.10. The van der Waals surface area contributed by atoms with Gasteiger partial charge in [0.25, 0.3) is 11.1 Å². The third kappa shape index (κ3) is 3.17. The van der Waals surface area contributed by atoms with E-state index in [2.05, 4.69) is 4.74 Å². The Morgan fingerprint density at radius 1 is 1.47 bits per heavy atom. The molecule has 1 fully saturated rings. The Morgan fingerprint density at radius 2 is 2.21 bits per heavy atom. The van der Waals surface area contributed by atoms with Crippen molar-refractivity contribution in [1.29, 1.82) is 0 Å². The number of imide groups is 1. The number of methoxy groups -OCH3 is 1. The van der Waals surface area contributed by atoms with Gasteiger partial charge >= 0.3 is 5.97 Å². The summed E-state index contributed by atoms with van der Waals surface area (Å²) in [7, 11) is 1.20. The van der Waals surface area contributed by atoms with Crippen molar-refractivity contribution in [2.75, 3.05) is 13.7 Å². The van der Waals surface area contributed by atoms with Crippen LogP contribution in [0.15, 0.2) is 17.0 Å². The maximum Gasteiger partial charge on any atom is 0.325 e. The molecule has 2 amide bonds. The van der Waals surface area contributed by atoms with Crippen molar-refractivity contribution >= 4 is 57.9 Å². The molecule has 2 rings (SSSR count). The number of amides is 2. The van der Waals surface area contributed by atoms with E-state index in [0.29, 0.717) is 4.34 Å². The average molecular weight is 318 g/mol. The summed E-state index contributed by atoms with van der Waals surface area (Å²) < 4.78 is 5.03. The maximum absolute atomic E-state index is 12.0. The van der Waals surface area contributed by atoms with Gasteiger partial charge in [-0.25, -0.2) is 0 Å². The highest BCUT2D eigenvalue weighted by Gasteiger charge is 2.36. The molecule has 100 valence electrons. The molecule has 0 unspecified atom stereocenters. The smallest absolute Gasteiger partial charge is 0.325 e. The van der Waals surface area contributed by atoms with Gasteiger partial charge in [-0.1, -0.05) is 11.6 Å². The zero-order valence-electron chi connectivity index (χ0n) is 9.71. The molecule has 0 saturated carbocycles. The van der Waals surface area contributed by atoms with Crippen molar-refractivity contribution in [3.63, 3.8) is 0 Å². The molecule has 8 heteroatoms. The summed E-state index contributed by atoms with van der Waals surface area (Å²) in [5.74, 6) is -1.13. The molecular formula is C11H8ClNO4S2. The van der Waals surface area contributed by atoms with Gasteiger partial charge in [-0.2, -0.15) is 0 Å². The fourth-order valence-electron chi connectivity index (χ4n) is 1.37. The lowest BCUT2D eigenvalue weighted by Crippen LogP contribution is -2.34. The van der Waals surface area contributed by atoms with E-state index in [1.807, 2.05) is 0 Å². The highest BCUT2D eigenvalue weighted by Crippen LogP contribution is 2.33. The summed E-state index contributed by atoms with van der Waals surface area (Å²) >= 11 is 7.88. The van der Waals surface area contributed by atoms with Gasteiger partial charge in [0.2, 0.25) is 0 Å². The number of esters is 1. The number of ether oxygens (including phenoxy) is 1. The highest BCUT2D eigenvalue weighted by molar-refractivity contribution is 8.18. The van der Waals surface area contributed by atoms with Crippen molar-refractivity contribution < 1.29 is 19.1 Å². The van der Waals surface area contributed by atoms with Crippen LogP contribution in [0, 0.1) is 0 Å². The van der Waals surface area contributed by atoms with E-state index in [4.69, 9.17) is 11.6 Å². The molecular weight excluding hydrogens is 310 g/mol. The minimum absolute atomic E-state index is 0.271. The zero-order chi connectivity index (χ0) is 14.0. The molecule has 1 aromatic heterocycles. The fourth-order valence-corrected chi connectivity index (χ4v) is 3.27. The molecule has 0 radical (unpaired) electrons. The number of hydrogen-bond donors (Lipinski definition) is 0. The summed E-state index contributed by atoms with van der Waals surface area (Å²) in [6.45, 7) is -0.371. The average Bonchev–Trinajstić information content (AvgIpc) is 2.88. The van der Waals surface area contributed by atoms with Gasteiger partial charge in [-0.15, -0.1) is 11.3 Å². The van der Waals surface area contributed by atoms with Gasteiger partial charge in [0.1, 0.15) is 6.54 Å². The van der Waals surface area contributed by atoms with E-state index in [9.17, 15) is 14.4 Å². The van der Waals surface area contributed by atoms with Crippen LogP contribution in [-0.2, 0) is 14.3 Å². The topological polar surface area (TPSA) is 63.7 Å². The molecule has 0 atom stereocenters. The zero-order valence-corrected chi connectivity index (χ0v) is 12.1. The number of halogens is 1. The van der Waals surface area contributed by atoms with Crippen molar-refractivity contribution in [2.24, 2.45) is 0 Å². The molecule has 1 saturated heterocycles. The molecule has 0 aliphatic carbocycles. The Balaban J connectivity index is 2.18. The number of rotatable bonds is 3. The lowest BCUT2D eigenvalue weighted by atomic mass is 10.3. The van der Waals surface area contributed by atoms with E-state index >= 15 is 0 Å². The molecule has 0 spiro atoms. The SMILES string of the molecule is COC(=O)CN1C(=O)S/C(=C\c2ccc(Cl)s2)C1=O. The lowest BCUT2D eigenvalue weighted by molar-refractivity contribution is -0.143. The second-order valence-corrected chi connectivity index (χ2v) is 6.23. The predicted octanol–water partition coefficient (Wildman–Crippen LogP) is 2.61. The van der Waals surface area contributed by atoms with E-state index in [1.54, 1.807) is 18.2 Å². The Kier molecular flexibility index (Phi) is 4.28. The molecule has 1 aliphatic rings. The standard InChI is InChI=1S/C11H8ClNO4S2/c1-17-9(14)5-13-10(15)7(19-11(13)16)4-6-2-3-8(12)18-6/h2-4H,5H2,1H3/b7-4-. The van der Waals surface area contributed by atoms with Gasteiger partial charge < -0.3 is 4.74 Å². The molecule has 5 nitrogen and oxygen atoms in total. The normalized spacial score (nSPS) is 17.4. The minimum atomic E-state index is -0.636. The minimum Gasteiger partial charge on any atom is -0.468 e. The highest BCUT2D eigenvalue weighted by atomic mass is 35.5. The van der Waals surface area contributed by atoms with Gasteiger partial charge in [-0.3, -0.25) is 19.3 Å². The van der Waals surface area contributed by atoms with Crippen LogP contribution in [0.2, 0.25) is 4.34 Å². The second-order valence-electron chi connectivity index (χ2n) is 3.49. The van der Waals surface area contributed by atoms with Crippen LogP contribution in [0.4, 0.5) is 4.79 Å². The third-order valence-electron chi connectivity index (χ3n) is 2.26. The maximum atomic E-state index is 12.0. The van der Waals surface area contributed by atoms with Crippen LogP contribution < -0.4 is 0 Å². The summed E-state index contributed by atoms with van der Waals surface area (Å²) in [4.78, 5) is 36.6. The molecule has 2 heterocycles.